The van der Waals surface area contributed by atoms with Gasteiger partial charge in [-0.25, -0.2) is 15.0 Å². The van der Waals surface area contributed by atoms with Crippen molar-refractivity contribution in [2.75, 3.05) is 11.4 Å². The van der Waals surface area contributed by atoms with Gasteiger partial charge in [0.15, 0.2) is 10.8 Å². The predicted molar refractivity (Wildman–Crippen MR) is 95.7 cm³/mol. The Balaban J connectivity index is 1.54. The molecule has 126 valence electrons. The minimum absolute atomic E-state index is 0.00781. The van der Waals surface area contributed by atoms with E-state index in [1.54, 1.807) is 23.4 Å². The smallest absolute Gasteiger partial charge is 0.233 e. The van der Waals surface area contributed by atoms with Crippen molar-refractivity contribution < 1.29 is 9.53 Å². The minimum Gasteiger partial charge on any atom is -0.487 e. The van der Waals surface area contributed by atoms with Crippen LogP contribution in [0.4, 0.5) is 5.69 Å². The van der Waals surface area contributed by atoms with Crippen molar-refractivity contribution in [3.05, 3.63) is 53.8 Å². The Bertz CT molecular complexity index is 897. The highest BCUT2D eigenvalue weighted by Gasteiger charge is 2.27. The van der Waals surface area contributed by atoms with Crippen molar-refractivity contribution >= 4 is 22.9 Å². The monoisotopic (exact) mass is 352 g/mol. The molecule has 0 fully saturated rings. The number of amides is 1. The van der Waals surface area contributed by atoms with E-state index in [1.807, 2.05) is 36.6 Å². The van der Waals surface area contributed by atoms with Crippen LogP contribution in [-0.2, 0) is 11.2 Å². The SMILES string of the molecule is CC1CN(C(=O)Cc2csc(-c3ncccn3)n2)c2ccccc2O1. The summed E-state index contributed by atoms with van der Waals surface area (Å²) in [5, 5.41) is 2.61. The van der Waals surface area contributed by atoms with E-state index in [0.717, 1.165) is 22.1 Å². The van der Waals surface area contributed by atoms with Crippen molar-refractivity contribution in [3.63, 3.8) is 0 Å². The van der Waals surface area contributed by atoms with E-state index in [9.17, 15) is 4.79 Å². The molecule has 0 radical (unpaired) electrons. The quantitative estimate of drug-likeness (QED) is 0.725. The molecule has 1 amide bonds. The number of hydrogen-bond acceptors (Lipinski definition) is 6. The molecule has 1 aromatic carbocycles. The zero-order valence-electron chi connectivity index (χ0n) is 13.6. The maximum absolute atomic E-state index is 12.8. The van der Waals surface area contributed by atoms with Crippen LogP contribution in [0.2, 0.25) is 0 Å². The summed E-state index contributed by atoms with van der Waals surface area (Å²) in [5.74, 6) is 1.33. The van der Waals surface area contributed by atoms with E-state index in [2.05, 4.69) is 15.0 Å². The Kier molecular flexibility index (Phi) is 4.15. The summed E-state index contributed by atoms with van der Waals surface area (Å²) in [6, 6.07) is 9.37. The highest BCUT2D eigenvalue weighted by molar-refractivity contribution is 7.13. The molecule has 0 saturated heterocycles. The Morgan fingerprint density at radius 1 is 1.28 bits per heavy atom. The van der Waals surface area contributed by atoms with Crippen LogP contribution in [0.1, 0.15) is 12.6 Å². The van der Waals surface area contributed by atoms with E-state index < -0.39 is 0 Å². The highest BCUT2D eigenvalue weighted by atomic mass is 32.1. The van der Waals surface area contributed by atoms with E-state index in [1.165, 1.54) is 11.3 Å². The van der Waals surface area contributed by atoms with Gasteiger partial charge in [-0.3, -0.25) is 4.79 Å². The van der Waals surface area contributed by atoms with E-state index >= 15 is 0 Å². The van der Waals surface area contributed by atoms with Crippen molar-refractivity contribution in [3.8, 4) is 16.6 Å². The van der Waals surface area contributed by atoms with E-state index in [4.69, 9.17) is 4.74 Å². The summed E-state index contributed by atoms with van der Waals surface area (Å²) in [6.07, 6.45) is 3.56. The highest BCUT2D eigenvalue weighted by Crippen LogP contribution is 2.33. The number of nitrogens with zero attached hydrogens (tertiary/aromatic N) is 4. The fraction of sp³-hybridized carbons (Fsp3) is 0.222. The Morgan fingerprint density at radius 3 is 2.92 bits per heavy atom. The summed E-state index contributed by atoms with van der Waals surface area (Å²) >= 11 is 1.45. The van der Waals surface area contributed by atoms with Gasteiger partial charge in [0, 0.05) is 17.8 Å². The number of rotatable bonds is 3. The second kappa shape index (κ2) is 6.60. The van der Waals surface area contributed by atoms with Gasteiger partial charge in [-0.1, -0.05) is 12.1 Å². The van der Waals surface area contributed by atoms with Crippen LogP contribution >= 0.6 is 11.3 Å². The molecule has 0 N–H and O–H groups in total. The van der Waals surface area contributed by atoms with Gasteiger partial charge in [0.05, 0.1) is 24.3 Å². The second-order valence-electron chi connectivity index (χ2n) is 5.79. The first-order valence-electron chi connectivity index (χ1n) is 7.98. The van der Waals surface area contributed by atoms with Gasteiger partial charge in [0.1, 0.15) is 11.9 Å². The number of para-hydroxylation sites is 2. The normalized spacial score (nSPS) is 16.2. The molecule has 0 spiro atoms. The molecule has 4 rings (SSSR count). The molecule has 2 aromatic heterocycles. The van der Waals surface area contributed by atoms with Gasteiger partial charge in [-0.15, -0.1) is 11.3 Å². The predicted octanol–water partition coefficient (Wildman–Crippen LogP) is 2.96. The van der Waals surface area contributed by atoms with Crippen LogP contribution < -0.4 is 9.64 Å². The lowest BCUT2D eigenvalue weighted by molar-refractivity contribution is -0.118. The number of carbonyl (C=O) groups is 1. The van der Waals surface area contributed by atoms with Gasteiger partial charge < -0.3 is 9.64 Å². The van der Waals surface area contributed by atoms with Crippen LogP contribution in [0.15, 0.2) is 48.1 Å². The first-order chi connectivity index (χ1) is 12.2. The third-order valence-electron chi connectivity index (χ3n) is 3.87. The summed E-state index contributed by atoms with van der Waals surface area (Å²) in [5.41, 5.74) is 1.54. The molecule has 1 aliphatic heterocycles. The average molecular weight is 352 g/mol. The second-order valence-corrected chi connectivity index (χ2v) is 6.65. The summed E-state index contributed by atoms with van der Waals surface area (Å²) in [6.45, 7) is 2.50. The molecule has 25 heavy (non-hydrogen) atoms. The van der Waals surface area contributed by atoms with Gasteiger partial charge in [0.2, 0.25) is 5.91 Å². The fourth-order valence-electron chi connectivity index (χ4n) is 2.78. The van der Waals surface area contributed by atoms with Crippen LogP contribution in [0.25, 0.3) is 10.8 Å². The number of fused-ring (bicyclic) bond motifs is 1. The van der Waals surface area contributed by atoms with E-state index in [-0.39, 0.29) is 18.4 Å². The van der Waals surface area contributed by atoms with Gasteiger partial charge in [-0.05, 0) is 25.1 Å². The zero-order chi connectivity index (χ0) is 17.2. The molecule has 0 bridgehead atoms. The summed E-state index contributed by atoms with van der Waals surface area (Å²) in [7, 11) is 0. The molecule has 3 heterocycles. The number of benzene rings is 1. The standard InChI is InChI=1S/C18H16N4O2S/c1-12-10-22(14-5-2-3-6-15(14)24-12)16(23)9-13-11-25-18(21-13)17-19-7-4-8-20-17/h2-8,11-12H,9-10H2,1H3. The average Bonchev–Trinajstić information content (AvgIpc) is 3.10. The molecule has 1 atom stereocenters. The lowest BCUT2D eigenvalue weighted by Crippen LogP contribution is -2.43. The van der Waals surface area contributed by atoms with Crippen molar-refractivity contribution in [2.24, 2.45) is 0 Å². The molecule has 1 aliphatic rings. The van der Waals surface area contributed by atoms with Crippen molar-refractivity contribution in [1.82, 2.24) is 15.0 Å². The van der Waals surface area contributed by atoms with Crippen LogP contribution in [0.3, 0.4) is 0 Å². The largest absolute Gasteiger partial charge is 0.487 e. The topological polar surface area (TPSA) is 68.2 Å². The Labute approximate surface area is 149 Å². The fourth-order valence-corrected chi connectivity index (χ4v) is 3.54. The third kappa shape index (κ3) is 3.23. The van der Waals surface area contributed by atoms with Crippen LogP contribution in [-0.4, -0.2) is 33.5 Å². The lowest BCUT2D eigenvalue weighted by atomic mass is 10.1. The zero-order valence-corrected chi connectivity index (χ0v) is 14.4. The van der Waals surface area contributed by atoms with E-state index in [0.29, 0.717) is 12.4 Å². The lowest BCUT2D eigenvalue weighted by Gasteiger charge is -2.33. The molecular weight excluding hydrogens is 336 g/mol. The molecule has 6 nitrogen and oxygen atoms in total. The number of anilines is 1. The number of ether oxygens (including phenoxy) is 1. The Hall–Kier alpha value is -2.80. The van der Waals surface area contributed by atoms with Crippen LogP contribution in [0, 0.1) is 0 Å². The number of thiazole rings is 1. The van der Waals surface area contributed by atoms with Gasteiger partial charge >= 0.3 is 0 Å². The Morgan fingerprint density at radius 2 is 2.08 bits per heavy atom. The molecule has 0 aliphatic carbocycles. The molecule has 1 unspecified atom stereocenters. The van der Waals surface area contributed by atoms with Crippen molar-refractivity contribution in [1.29, 1.82) is 0 Å². The molecule has 3 aromatic rings. The number of hydrogen-bond donors (Lipinski definition) is 0. The maximum atomic E-state index is 12.8. The maximum Gasteiger partial charge on any atom is 0.233 e. The minimum atomic E-state index is -0.0393. The molecule has 0 saturated carbocycles. The summed E-state index contributed by atoms with van der Waals surface area (Å²) in [4.78, 5) is 27.5. The first kappa shape index (κ1) is 15.7. The molecule has 7 heteroatoms. The van der Waals surface area contributed by atoms with Gasteiger partial charge in [0.25, 0.3) is 0 Å². The van der Waals surface area contributed by atoms with Crippen LogP contribution in [0.5, 0.6) is 5.75 Å². The summed E-state index contributed by atoms with van der Waals surface area (Å²) < 4.78 is 5.80. The number of aromatic nitrogens is 3. The molecular formula is C18H16N4O2S. The first-order valence-corrected chi connectivity index (χ1v) is 8.86. The van der Waals surface area contributed by atoms with Crippen molar-refractivity contribution in [2.45, 2.75) is 19.4 Å². The van der Waals surface area contributed by atoms with Gasteiger partial charge in [-0.2, -0.15) is 0 Å². The number of carbonyl (C=O) groups excluding carboxylic acids is 1. The third-order valence-corrected chi connectivity index (χ3v) is 4.75.